The third kappa shape index (κ3) is 3.09. The van der Waals surface area contributed by atoms with E-state index in [-0.39, 0.29) is 30.4 Å². The molecule has 0 spiro atoms. The van der Waals surface area contributed by atoms with Crippen LogP contribution >= 0.6 is 0 Å². The summed E-state index contributed by atoms with van der Waals surface area (Å²) in [6.45, 7) is 1.38. The first kappa shape index (κ1) is 17.1. The van der Waals surface area contributed by atoms with Crippen LogP contribution in [0.5, 0.6) is 11.5 Å². The number of nitrogens with zero attached hydrogens (tertiary/aromatic N) is 1. The zero-order chi connectivity index (χ0) is 19.1. The maximum absolute atomic E-state index is 13.0. The maximum Gasteiger partial charge on any atom is 0.231 e. The third-order valence-corrected chi connectivity index (χ3v) is 5.72. The molecule has 0 bridgehead atoms. The van der Waals surface area contributed by atoms with Crippen molar-refractivity contribution in [2.45, 2.75) is 25.8 Å². The fourth-order valence-corrected chi connectivity index (χ4v) is 4.09. The molecule has 3 aliphatic rings. The average Bonchev–Trinajstić information content (AvgIpc) is 3.40. The van der Waals surface area contributed by atoms with E-state index in [2.05, 4.69) is 11.4 Å². The lowest BCUT2D eigenvalue weighted by atomic mass is 10.0. The smallest absolute Gasteiger partial charge is 0.231 e. The molecule has 1 aliphatic carbocycles. The Balaban J connectivity index is 1.19. The standard InChI is InChI=1S/C22H22N2O4/c25-21(23-12-14-7-8-19-20(10-14)28-13-27-19)16-11-17(16)22(26)24-9-3-5-15-4-1-2-6-18(15)24/h1-2,4,6-8,10,16-17H,3,5,9,11-13H2,(H,23,25). The quantitative estimate of drug-likeness (QED) is 0.888. The van der Waals surface area contributed by atoms with Crippen LogP contribution in [-0.2, 0) is 22.6 Å². The van der Waals surface area contributed by atoms with Crippen LogP contribution in [0.4, 0.5) is 5.69 Å². The Morgan fingerprint density at radius 1 is 1.07 bits per heavy atom. The normalized spacial score (nSPS) is 21.8. The number of para-hydroxylation sites is 1. The SMILES string of the molecule is O=C(NCc1ccc2c(c1)OCO2)C1CC1C(=O)N1CCCc2ccccc21. The molecule has 1 fully saturated rings. The largest absolute Gasteiger partial charge is 0.454 e. The van der Waals surface area contributed by atoms with E-state index in [1.54, 1.807) is 0 Å². The number of carbonyl (C=O) groups is 2. The Labute approximate surface area is 163 Å². The highest BCUT2D eigenvalue weighted by atomic mass is 16.7. The number of hydrogen-bond acceptors (Lipinski definition) is 4. The summed E-state index contributed by atoms with van der Waals surface area (Å²) in [5.74, 6) is 1.02. The minimum absolute atomic E-state index is 0.0543. The highest BCUT2D eigenvalue weighted by molar-refractivity contribution is 6.01. The zero-order valence-electron chi connectivity index (χ0n) is 15.5. The molecule has 2 aromatic rings. The van der Waals surface area contributed by atoms with E-state index in [1.807, 2.05) is 41.3 Å². The summed E-state index contributed by atoms with van der Waals surface area (Å²) in [7, 11) is 0. The molecule has 2 atom stereocenters. The molecule has 5 rings (SSSR count). The molecule has 2 unspecified atom stereocenters. The van der Waals surface area contributed by atoms with Crippen LogP contribution in [0.2, 0.25) is 0 Å². The second kappa shape index (κ2) is 6.86. The fourth-order valence-electron chi connectivity index (χ4n) is 4.09. The first-order chi connectivity index (χ1) is 13.7. The molecule has 144 valence electrons. The number of hydrogen-bond donors (Lipinski definition) is 1. The van der Waals surface area contributed by atoms with Gasteiger partial charge in [0.05, 0.1) is 11.8 Å². The van der Waals surface area contributed by atoms with E-state index in [9.17, 15) is 9.59 Å². The summed E-state index contributed by atoms with van der Waals surface area (Å²) >= 11 is 0. The number of ether oxygens (including phenoxy) is 2. The summed E-state index contributed by atoms with van der Waals surface area (Å²) in [5, 5.41) is 2.95. The van der Waals surface area contributed by atoms with Gasteiger partial charge in [-0.25, -0.2) is 0 Å². The molecule has 0 saturated heterocycles. The van der Waals surface area contributed by atoms with Crippen LogP contribution in [0.1, 0.15) is 24.0 Å². The monoisotopic (exact) mass is 378 g/mol. The second-order valence-corrected chi connectivity index (χ2v) is 7.58. The zero-order valence-corrected chi connectivity index (χ0v) is 15.5. The predicted octanol–water partition coefficient (Wildman–Crippen LogP) is 2.65. The first-order valence-electron chi connectivity index (χ1n) is 9.76. The van der Waals surface area contributed by atoms with Crippen molar-refractivity contribution in [3.63, 3.8) is 0 Å². The van der Waals surface area contributed by atoms with Crippen LogP contribution in [0, 0.1) is 11.8 Å². The third-order valence-electron chi connectivity index (χ3n) is 5.72. The van der Waals surface area contributed by atoms with Gasteiger partial charge in [0, 0.05) is 18.8 Å². The Morgan fingerprint density at radius 3 is 2.86 bits per heavy atom. The number of amides is 2. The molecule has 2 amide bonds. The maximum atomic E-state index is 13.0. The van der Waals surface area contributed by atoms with Crippen LogP contribution in [0.25, 0.3) is 0 Å². The van der Waals surface area contributed by atoms with E-state index >= 15 is 0 Å². The number of fused-ring (bicyclic) bond motifs is 2. The van der Waals surface area contributed by atoms with Crippen molar-refractivity contribution in [2.75, 3.05) is 18.2 Å². The number of carbonyl (C=O) groups excluding carboxylic acids is 2. The van der Waals surface area contributed by atoms with Crippen LogP contribution in [-0.4, -0.2) is 25.2 Å². The molecule has 1 N–H and O–H groups in total. The van der Waals surface area contributed by atoms with Gasteiger partial charge in [0.2, 0.25) is 18.6 Å². The molecular formula is C22H22N2O4. The van der Waals surface area contributed by atoms with Gasteiger partial charge in [-0.3, -0.25) is 9.59 Å². The molecule has 2 aliphatic heterocycles. The average molecular weight is 378 g/mol. The van der Waals surface area contributed by atoms with Crippen molar-refractivity contribution in [3.05, 3.63) is 53.6 Å². The van der Waals surface area contributed by atoms with Gasteiger partial charge in [0.15, 0.2) is 11.5 Å². The highest BCUT2D eigenvalue weighted by Crippen LogP contribution is 2.42. The number of nitrogens with one attached hydrogen (secondary N) is 1. The highest BCUT2D eigenvalue weighted by Gasteiger charge is 2.50. The Bertz CT molecular complexity index is 942. The van der Waals surface area contributed by atoms with Crippen molar-refractivity contribution in [1.82, 2.24) is 5.32 Å². The number of benzene rings is 2. The topological polar surface area (TPSA) is 67.9 Å². The van der Waals surface area contributed by atoms with E-state index in [1.165, 1.54) is 5.56 Å². The van der Waals surface area contributed by atoms with Crippen molar-refractivity contribution in [1.29, 1.82) is 0 Å². The molecule has 2 heterocycles. The van der Waals surface area contributed by atoms with Crippen molar-refractivity contribution in [2.24, 2.45) is 11.8 Å². The van der Waals surface area contributed by atoms with Gasteiger partial charge >= 0.3 is 0 Å². The van der Waals surface area contributed by atoms with Gasteiger partial charge in [-0.15, -0.1) is 0 Å². The van der Waals surface area contributed by atoms with Gasteiger partial charge in [-0.2, -0.15) is 0 Å². The van der Waals surface area contributed by atoms with Crippen LogP contribution in [0.3, 0.4) is 0 Å². The summed E-state index contributed by atoms with van der Waals surface area (Å²) < 4.78 is 10.7. The predicted molar refractivity (Wildman–Crippen MR) is 103 cm³/mol. The van der Waals surface area contributed by atoms with Gasteiger partial charge in [0.25, 0.3) is 0 Å². The summed E-state index contributed by atoms with van der Waals surface area (Å²) in [6, 6.07) is 13.7. The molecule has 6 nitrogen and oxygen atoms in total. The number of aryl methyl sites for hydroxylation is 1. The van der Waals surface area contributed by atoms with Crippen molar-refractivity contribution in [3.8, 4) is 11.5 Å². The number of rotatable bonds is 4. The van der Waals surface area contributed by atoms with Gasteiger partial charge in [-0.05, 0) is 48.6 Å². The lowest BCUT2D eigenvalue weighted by molar-refractivity contribution is -0.126. The molecule has 6 heteroatoms. The van der Waals surface area contributed by atoms with Gasteiger partial charge < -0.3 is 19.7 Å². The summed E-state index contributed by atoms with van der Waals surface area (Å²) in [5.41, 5.74) is 3.17. The Kier molecular flexibility index (Phi) is 4.19. The van der Waals surface area contributed by atoms with E-state index < -0.39 is 0 Å². The van der Waals surface area contributed by atoms with Gasteiger partial charge in [0.1, 0.15) is 0 Å². The molecule has 0 aromatic heterocycles. The number of anilines is 1. The first-order valence-corrected chi connectivity index (χ1v) is 9.76. The lowest BCUT2D eigenvalue weighted by Gasteiger charge is -2.29. The van der Waals surface area contributed by atoms with E-state index in [0.29, 0.717) is 18.7 Å². The molecule has 1 saturated carbocycles. The van der Waals surface area contributed by atoms with Crippen molar-refractivity contribution >= 4 is 17.5 Å². The van der Waals surface area contributed by atoms with Crippen LogP contribution < -0.4 is 19.7 Å². The molecule has 2 aromatic carbocycles. The summed E-state index contributed by atoms with van der Waals surface area (Å²) in [6.07, 6.45) is 2.60. The minimum Gasteiger partial charge on any atom is -0.454 e. The second-order valence-electron chi connectivity index (χ2n) is 7.58. The van der Waals surface area contributed by atoms with E-state index in [4.69, 9.17) is 9.47 Å². The minimum atomic E-state index is -0.226. The molecular weight excluding hydrogens is 356 g/mol. The fraction of sp³-hybridized carbons (Fsp3) is 0.364. The van der Waals surface area contributed by atoms with Crippen molar-refractivity contribution < 1.29 is 19.1 Å². The van der Waals surface area contributed by atoms with Gasteiger partial charge in [-0.1, -0.05) is 24.3 Å². The Morgan fingerprint density at radius 2 is 1.93 bits per heavy atom. The van der Waals surface area contributed by atoms with Crippen LogP contribution in [0.15, 0.2) is 42.5 Å². The lowest BCUT2D eigenvalue weighted by Crippen LogP contribution is -2.37. The van der Waals surface area contributed by atoms with E-state index in [0.717, 1.165) is 36.4 Å². The summed E-state index contributed by atoms with van der Waals surface area (Å²) in [4.78, 5) is 27.3. The molecule has 0 radical (unpaired) electrons. The Hall–Kier alpha value is -3.02. The molecule has 28 heavy (non-hydrogen) atoms.